The number of carbonyl (C=O) groups is 1. The second-order valence-electron chi connectivity index (χ2n) is 6.30. The van der Waals surface area contributed by atoms with Crippen molar-refractivity contribution < 1.29 is 31.1 Å². The Labute approximate surface area is 181 Å². The molecule has 0 heterocycles. The molecule has 0 bridgehead atoms. The SMILES string of the molecule is CCCNc1cccc(C(=O)Nc2c(Cl)cc(C(F)(CF)C(F)(F)F)cc2Br)c1F. The molecule has 2 rings (SSSR count). The number of rotatable bonds is 7. The van der Waals surface area contributed by atoms with Gasteiger partial charge in [-0.2, -0.15) is 13.2 Å². The number of anilines is 2. The third kappa shape index (κ3) is 4.85. The molecule has 30 heavy (non-hydrogen) atoms. The van der Waals surface area contributed by atoms with Crippen LogP contribution in [-0.4, -0.2) is 25.3 Å². The summed E-state index contributed by atoms with van der Waals surface area (Å²) >= 11 is 8.80. The minimum Gasteiger partial charge on any atom is -0.383 e. The largest absolute Gasteiger partial charge is 0.429 e. The van der Waals surface area contributed by atoms with Gasteiger partial charge in [-0.3, -0.25) is 4.79 Å². The number of nitrogens with one attached hydrogen (secondary N) is 2. The van der Waals surface area contributed by atoms with Gasteiger partial charge >= 0.3 is 6.18 Å². The molecule has 11 heteroatoms. The summed E-state index contributed by atoms with van der Waals surface area (Å²) in [6.45, 7) is -0.00815. The van der Waals surface area contributed by atoms with E-state index in [1.54, 1.807) is 0 Å². The van der Waals surface area contributed by atoms with Crippen LogP contribution < -0.4 is 10.6 Å². The highest BCUT2D eigenvalue weighted by Gasteiger charge is 2.58. The average Bonchev–Trinajstić information content (AvgIpc) is 2.68. The molecule has 0 aliphatic rings. The Bertz CT molecular complexity index is 917. The van der Waals surface area contributed by atoms with Gasteiger partial charge < -0.3 is 10.6 Å². The van der Waals surface area contributed by atoms with Gasteiger partial charge in [0.05, 0.1) is 22.0 Å². The van der Waals surface area contributed by atoms with Crippen LogP contribution >= 0.6 is 27.5 Å². The smallest absolute Gasteiger partial charge is 0.383 e. The van der Waals surface area contributed by atoms with E-state index in [0.717, 1.165) is 6.42 Å². The lowest BCUT2D eigenvalue weighted by atomic mass is 9.96. The lowest BCUT2D eigenvalue weighted by Gasteiger charge is -2.26. The van der Waals surface area contributed by atoms with E-state index in [-0.39, 0.29) is 21.4 Å². The van der Waals surface area contributed by atoms with Crippen LogP contribution in [-0.2, 0) is 5.67 Å². The van der Waals surface area contributed by atoms with Crippen LogP contribution in [0.1, 0.15) is 29.3 Å². The Kier molecular flexibility index (Phi) is 7.68. The molecule has 2 aromatic rings. The number of carbonyl (C=O) groups excluding carboxylic acids is 1. The lowest BCUT2D eigenvalue weighted by Crippen LogP contribution is -2.40. The molecule has 0 spiro atoms. The van der Waals surface area contributed by atoms with Crippen molar-refractivity contribution in [2.75, 3.05) is 23.9 Å². The van der Waals surface area contributed by atoms with E-state index in [1.165, 1.54) is 18.2 Å². The maximum atomic E-state index is 14.6. The molecule has 1 atom stereocenters. The molecule has 164 valence electrons. The van der Waals surface area contributed by atoms with E-state index in [1.807, 2.05) is 6.92 Å². The first kappa shape index (κ1) is 24.3. The fraction of sp³-hybridized carbons (Fsp3) is 0.316. The number of benzene rings is 2. The van der Waals surface area contributed by atoms with Gasteiger partial charge in [-0.1, -0.05) is 24.6 Å². The van der Waals surface area contributed by atoms with Gasteiger partial charge in [0.1, 0.15) is 6.67 Å². The Morgan fingerprint density at radius 2 is 1.87 bits per heavy atom. The molecule has 1 unspecified atom stereocenters. The van der Waals surface area contributed by atoms with Crippen LogP contribution in [0.5, 0.6) is 0 Å². The summed E-state index contributed by atoms with van der Waals surface area (Å²) in [5.41, 5.74) is -5.82. The summed E-state index contributed by atoms with van der Waals surface area (Å²) in [6, 6.07) is 5.30. The molecular weight excluding hydrogens is 502 g/mol. The van der Waals surface area contributed by atoms with E-state index in [9.17, 15) is 31.1 Å². The van der Waals surface area contributed by atoms with Crippen LogP contribution in [0, 0.1) is 5.82 Å². The zero-order chi connectivity index (χ0) is 22.7. The van der Waals surface area contributed by atoms with Gasteiger partial charge in [-0.05, 0) is 46.6 Å². The number of hydrogen-bond acceptors (Lipinski definition) is 2. The standard InChI is InChI=1S/C19H16BrClF6N2O/c1-2-6-28-14-5-3-4-11(15(14)23)17(30)29-16-12(20)7-10(8-13(16)21)18(24,9-22)19(25,26)27/h3-5,7-8,28H,2,6,9H2,1H3,(H,29,30). The Morgan fingerprint density at radius 3 is 2.40 bits per heavy atom. The monoisotopic (exact) mass is 516 g/mol. The summed E-state index contributed by atoms with van der Waals surface area (Å²) in [6.07, 6.45) is -4.80. The number of amides is 1. The highest BCUT2D eigenvalue weighted by Crippen LogP contribution is 2.46. The molecule has 0 aliphatic carbocycles. The van der Waals surface area contributed by atoms with Crippen molar-refractivity contribution in [3.05, 3.63) is 56.8 Å². The summed E-state index contributed by atoms with van der Waals surface area (Å²) in [4.78, 5) is 12.5. The minimum atomic E-state index is -5.52. The van der Waals surface area contributed by atoms with Crippen molar-refractivity contribution in [3.8, 4) is 0 Å². The zero-order valence-corrected chi connectivity index (χ0v) is 17.8. The molecule has 2 N–H and O–H groups in total. The third-order valence-electron chi connectivity index (χ3n) is 4.18. The summed E-state index contributed by atoms with van der Waals surface area (Å²) < 4.78 is 80.4. The first-order valence-electron chi connectivity index (χ1n) is 8.61. The number of hydrogen-bond donors (Lipinski definition) is 2. The van der Waals surface area contributed by atoms with Crippen molar-refractivity contribution in [2.24, 2.45) is 0 Å². The molecule has 0 saturated heterocycles. The second kappa shape index (κ2) is 9.47. The van der Waals surface area contributed by atoms with Crippen molar-refractivity contribution >= 4 is 44.8 Å². The van der Waals surface area contributed by atoms with E-state index >= 15 is 0 Å². The third-order valence-corrected chi connectivity index (χ3v) is 5.10. The van der Waals surface area contributed by atoms with Crippen LogP contribution in [0.25, 0.3) is 0 Å². The first-order chi connectivity index (χ1) is 14.0. The number of halogens is 8. The van der Waals surface area contributed by atoms with Gasteiger partial charge in [0.2, 0.25) is 0 Å². The average molecular weight is 518 g/mol. The summed E-state index contributed by atoms with van der Waals surface area (Å²) in [5, 5.41) is 4.59. The van der Waals surface area contributed by atoms with E-state index in [4.69, 9.17) is 11.6 Å². The Morgan fingerprint density at radius 1 is 1.20 bits per heavy atom. The van der Waals surface area contributed by atoms with Crippen molar-refractivity contribution in [3.63, 3.8) is 0 Å². The highest BCUT2D eigenvalue weighted by atomic mass is 79.9. The molecule has 1 amide bonds. The molecule has 0 radical (unpaired) electrons. The molecule has 3 nitrogen and oxygen atoms in total. The van der Waals surface area contributed by atoms with Crippen molar-refractivity contribution in [2.45, 2.75) is 25.2 Å². The summed E-state index contributed by atoms with van der Waals surface area (Å²) in [7, 11) is 0. The van der Waals surface area contributed by atoms with Crippen LogP contribution in [0.15, 0.2) is 34.8 Å². The van der Waals surface area contributed by atoms with Gasteiger partial charge in [0, 0.05) is 16.6 Å². The maximum Gasteiger partial charge on any atom is 0.429 e. The zero-order valence-electron chi connectivity index (χ0n) is 15.4. The van der Waals surface area contributed by atoms with Gasteiger partial charge in [0.15, 0.2) is 5.82 Å². The Balaban J connectivity index is 2.38. The molecule has 0 aromatic heterocycles. The first-order valence-corrected chi connectivity index (χ1v) is 9.78. The fourth-order valence-corrected chi connectivity index (χ4v) is 3.46. The quantitative estimate of drug-likeness (QED) is 0.388. The highest BCUT2D eigenvalue weighted by molar-refractivity contribution is 9.10. The fourth-order valence-electron chi connectivity index (χ4n) is 2.52. The Hall–Kier alpha value is -1.94. The van der Waals surface area contributed by atoms with E-state index in [2.05, 4.69) is 26.6 Å². The van der Waals surface area contributed by atoms with Gasteiger partial charge in [0.25, 0.3) is 11.6 Å². The molecule has 2 aromatic carbocycles. The predicted octanol–water partition coefficient (Wildman–Crippen LogP) is 7.01. The van der Waals surface area contributed by atoms with Crippen LogP contribution in [0.4, 0.5) is 37.7 Å². The molecule has 0 saturated carbocycles. The summed E-state index contributed by atoms with van der Waals surface area (Å²) in [5.74, 6) is -1.76. The van der Waals surface area contributed by atoms with Crippen LogP contribution in [0.3, 0.4) is 0 Å². The van der Waals surface area contributed by atoms with Crippen molar-refractivity contribution in [1.82, 2.24) is 0 Å². The van der Waals surface area contributed by atoms with E-state index in [0.29, 0.717) is 18.7 Å². The normalized spacial score (nSPS) is 13.6. The topological polar surface area (TPSA) is 41.1 Å². The lowest BCUT2D eigenvalue weighted by molar-refractivity contribution is -0.240. The van der Waals surface area contributed by atoms with Gasteiger partial charge in [-0.25, -0.2) is 13.2 Å². The second-order valence-corrected chi connectivity index (χ2v) is 7.56. The predicted molar refractivity (Wildman–Crippen MR) is 107 cm³/mol. The minimum absolute atomic E-state index is 0.0975. The van der Waals surface area contributed by atoms with Crippen LogP contribution in [0.2, 0.25) is 5.02 Å². The van der Waals surface area contributed by atoms with Gasteiger partial charge in [-0.15, -0.1) is 0 Å². The molecule has 0 aliphatic heterocycles. The molecular formula is C19H16BrClF6N2O. The van der Waals surface area contributed by atoms with E-state index < -0.39 is 40.8 Å². The number of alkyl halides is 5. The maximum absolute atomic E-state index is 14.6. The molecule has 0 fully saturated rings. The van der Waals surface area contributed by atoms with Crippen molar-refractivity contribution in [1.29, 1.82) is 0 Å².